The minimum Gasteiger partial charge on any atom is -0.349 e. The highest BCUT2D eigenvalue weighted by atomic mass is 16.2. The van der Waals surface area contributed by atoms with Gasteiger partial charge in [0.25, 0.3) is 5.91 Å². The molecule has 1 aliphatic rings. The lowest BCUT2D eigenvalue weighted by atomic mass is 10.1. The molecule has 2 N–H and O–H groups in total. The van der Waals surface area contributed by atoms with Gasteiger partial charge in [-0.2, -0.15) is 0 Å². The second-order valence-corrected chi connectivity index (χ2v) is 9.11. The average molecular weight is 472 g/mol. The number of rotatable bonds is 12. The van der Waals surface area contributed by atoms with Crippen molar-refractivity contribution in [3.63, 3.8) is 0 Å². The number of amides is 2. The van der Waals surface area contributed by atoms with E-state index in [9.17, 15) is 9.59 Å². The molecule has 1 heterocycles. The van der Waals surface area contributed by atoms with Crippen molar-refractivity contribution in [2.45, 2.75) is 50.2 Å². The number of hydrogen-bond acceptors (Lipinski definition) is 5. The molecular weight excluding hydrogens is 438 g/mol. The molecule has 3 atom stereocenters. The fraction of sp³-hybridized carbons (Fsp3) is 0.357. The lowest BCUT2D eigenvalue weighted by Crippen LogP contribution is -2.46. The molecule has 1 aliphatic carbocycles. The summed E-state index contributed by atoms with van der Waals surface area (Å²) in [6.07, 6.45) is 6.67. The predicted octanol–water partition coefficient (Wildman–Crippen LogP) is 3.55. The summed E-state index contributed by atoms with van der Waals surface area (Å²) in [5.41, 5.74) is 2.68. The van der Waals surface area contributed by atoms with Crippen LogP contribution in [0.5, 0.6) is 0 Å². The zero-order valence-electron chi connectivity index (χ0n) is 20.1. The van der Waals surface area contributed by atoms with E-state index < -0.39 is 6.04 Å². The van der Waals surface area contributed by atoms with Crippen LogP contribution in [0.4, 0.5) is 0 Å². The normalized spacial score (nSPS) is 17.5. The third-order valence-corrected chi connectivity index (χ3v) is 6.55. The summed E-state index contributed by atoms with van der Waals surface area (Å²) in [4.78, 5) is 36.1. The maximum atomic E-state index is 12.9. The maximum absolute atomic E-state index is 12.9. The first-order chi connectivity index (χ1) is 17.1. The van der Waals surface area contributed by atoms with Gasteiger partial charge in [-0.1, -0.05) is 48.5 Å². The molecule has 2 amide bonds. The van der Waals surface area contributed by atoms with Crippen molar-refractivity contribution < 1.29 is 9.59 Å². The molecule has 0 radical (unpaired) electrons. The molecule has 0 aliphatic heterocycles. The summed E-state index contributed by atoms with van der Waals surface area (Å²) >= 11 is 0. The molecule has 0 bridgehead atoms. The molecule has 3 unspecified atom stereocenters. The Morgan fingerprint density at radius 2 is 1.77 bits per heavy atom. The number of unbranched alkanes of at least 4 members (excludes halogenated alkanes) is 1. The highest BCUT2D eigenvalue weighted by molar-refractivity contribution is 5.97. The summed E-state index contributed by atoms with van der Waals surface area (Å²) in [6, 6.07) is 21.4. The van der Waals surface area contributed by atoms with E-state index in [-0.39, 0.29) is 11.8 Å². The molecule has 3 aromatic rings. The molecule has 1 saturated carbocycles. The predicted molar refractivity (Wildman–Crippen MR) is 136 cm³/mol. The van der Waals surface area contributed by atoms with E-state index >= 15 is 0 Å². The second-order valence-electron chi connectivity index (χ2n) is 9.11. The Morgan fingerprint density at radius 3 is 2.49 bits per heavy atom. The van der Waals surface area contributed by atoms with E-state index in [0.29, 0.717) is 30.5 Å². The first-order valence-corrected chi connectivity index (χ1v) is 12.3. The van der Waals surface area contributed by atoms with E-state index in [0.717, 1.165) is 25.1 Å². The molecule has 0 spiro atoms. The van der Waals surface area contributed by atoms with Crippen molar-refractivity contribution in [1.29, 1.82) is 0 Å². The van der Waals surface area contributed by atoms with Crippen LogP contribution in [0.25, 0.3) is 0 Å². The molecule has 1 fully saturated rings. The Bertz CT molecular complexity index is 1080. The Balaban J connectivity index is 1.27. The lowest BCUT2D eigenvalue weighted by Gasteiger charge is -2.20. The van der Waals surface area contributed by atoms with E-state index in [4.69, 9.17) is 0 Å². The monoisotopic (exact) mass is 471 g/mol. The van der Waals surface area contributed by atoms with Crippen LogP contribution in [-0.2, 0) is 11.3 Å². The molecule has 0 saturated heterocycles. The second kappa shape index (κ2) is 12.2. The van der Waals surface area contributed by atoms with Crippen LogP contribution < -0.4 is 10.6 Å². The summed E-state index contributed by atoms with van der Waals surface area (Å²) in [6.45, 7) is 1.26. The highest BCUT2D eigenvalue weighted by Gasteiger charge is 2.40. The summed E-state index contributed by atoms with van der Waals surface area (Å²) in [5.74, 6) is 0.174. The molecule has 182 valence electrons. The van der Waals surface area contributed by atoms with Gasteiger partial charge in [0.05, 0.1) is 12.2 Å². The van der Waals surface area contributed by atoms with Crippen LogP contribution in [0.15, 0.2) is 79.3 Å². The SMILES string of the molecule is CN(CCCCC(NC(=O)c1ccccc1)C(=O)NCc1ccncn1)C1CC1c1ccccc1. The van der Waals surface area contributed by atoms with Crippen molar-refractivity contribution in [3.8, 4) is 0 Å². The molecule has 2 aromatic carbocycles. The Labute approximate surface area is 207 Å². The Morgan fingerprint density at radius 1 is 1.03 bits per heavy atom. The van der Waals surface area contributed by atoms with Gasteiger partial charge in [0.15, 0.2) is 0 Å². The number of benzene rings is 2. The average Bonchev–Trinajstić information content (AvgIpc) is 3.72. The number of carbonyl (C=O) groups excluding carboxylic acids is 2. The zero-order chi connectivity index (χ0) is 24.5. The van der Waals surface area contributed by atoms with E-state index in [2.05, 4.69) is 62.9 Å². The van der Waals surface area contributed by atoms with Gasteiger partial charge in [-0.25, -0.2) is 9.97 Å². The fourth-order valence-electron chi connectivity index (χ4n) is 4.43. The third kappa shape index (κ3) is 7.20. The van der Waals surface area contributed by atoms with Gasteiger partial charge in [-0.15, -0.1) is 0 Å². The van der Waals surface area contributed by atoms with Gasteiger partial charge in [0.2, 0.25) is 5.91 Å². The molecular formula is C28H33N5O2. The minimum atomic E-state index is -0.604. The van der Waals surface area contributed by atoms with Gasteiger partial charge in [-0.3, -0.25) is 9.59 Å². The van der Waals surface area contributed by atoms with Crippen molar-refractivity contribution in [1.82, 2.24) is 25.5 Å². The minimum absolute atomic E-state index is 0.201. The van der Waals surface area contributed by atoms with Crippen LogP contribution in [0.3, 0.4) is 0 Å². The van der Waals surface area contributed by atoms with Gasteiger partial charge < -0.3 is 15.5 Å². The van der Waals surface area contributed by atoms with Crippen LogP contribution in [0, 0.1) is 0 Å². The lowest BCUT2D eigenvalue weighted by molar-refractivity contribution is -0.123. The van der Waals surface area contributed by atoms with Gasteiger partial charge >= 0.3 is 0 Å². The fourth-order valence-corrected chi connectivity index (χ4v) is 4.43. The zero-order valence-corrected chi connectivity index (χ0v) is 20.1. The molecule has 4 rings (SSSR count). The first-order valence-electron chi connectivity index (χ1n) is 12.3. The number of likely N-dealkylation sites (N-methyl/N-ethyl adjacent to an activating group) is 1. The molecule has 7 nitrogen and oxygen atoms in total. The van der Waals surface area contributed by atoms with Crippen LogP contribution >= 0.6 is 0 Å². The standard InChI is InChI=1S/C28H33N5O2/c1-33(26-18-24(26)21-10-4-2-5-11-21)17-9-8-14-25(32-27(34)22-12-6-3-7-13-22)28(35)30-19-23-15-16-29-20-31-23/h2-7,10-13,15-16,20,24-26H,8-9,14,17-19H2,1H3,(H,30,35)(H,32,34). The highest BCUT2D eigenvalue weighted by Crippen LogP contribution is 2.44. The summed E-state index contributed by atoms with van der Waals surface area (Å²) in [7, 11) is 2.18. The summed E-state index contributed by atoms with van der Waals surface area (Å²) < 4.78 is 0. The van der Waals surface area contributed by atoms with E-state index in [1.807, 2.05) is 18.2 Å². The van der Waals surface area contributed by atoms with Crippen molar-refractivity contribution in [3.05, 3.63) is 96.1 Å². The molecule has 7 heteroatoms. The summed E-state index contributed by atoms with van der Waals surface area (Å²) in [5, 5.41) is 5.83. The maximum Gasteiger partial charge on any atom is 0.251 e. The topological polar surface area (TPSA) is 87.2 Å². The van der Waals surface area contributed by atoms with E-state index in [1.165, 1.54) is 18.3 Å². The van der Waals surface area contributed by atoms with Crippen LogP contribution in [0.1, 0.15) is 53.2 Å². The van der Waals surface area contributed by atoms with Gasteiger partial charge in [0, 0.05) is 23.7 Å². The third-order valence-electron chi connectivity index (χ3n) is 6.55. The van der Waals surface area contributed by atoms with Crippen LogP contribution in [0.2, 0.25) is 0 Å². The largest absolute Gasteiger partial charge is 0.349 e. The molecule has 1 aromatic heterocycles. The Hall–Kier alpha value is -3.58. The Kier molecular flexibility index (Phi) is 8.57. The number of hydrogen-bond donors (Lipinski definition) is 2. The van der Waals surface area contributed by atoms with Crippen molar-refractivity contribution >= 4 is 11.8 Å². The molecule has 35 heavy (non-hydrogen) atoms. The number of nitrogens with zero attached hydrogens (tertiary/aromatic N) is 3. The van der Waals surface area contributed by atoms with Crippen molar-refractivity contribution in [2.24, 2.45) is 0 Å². The van der Waals surface area contributed by atoms with Crippen molar-refractivity contribution in [2.75, 3.05) is 13.6 Å². The van der Waals surface area contributed by atoms with Crippen LogP contribution in [-0.4, -0.2) is 52.4 Å². The van der Waals surface area contributed by atoms with Gasteiger partial charge in [0.1, 0.15) is 12.4 Å². The number of aromatic nitrogens is 2. The van der Waals surface area contributed by atoms with E-state index in [1.54, 1.807) is 24.4 Å². The quantitative estimate of drug-likeness (QED) is 0.395. The smallest absolute Gasteiger partial charge is 0.251 e. The number of carbonyl (C=O) groups is 2. The van der Waals surface area contributed by atoms with Gasteiger partial charge in [-0.05, 0) is 63.0 Å². The first kappa shape index (κ1) is 24.5. The number of nitrogens with one attached hydrogen (secondary N) is 2.